The van der Waals surface area contributed by atoms with E-state index < -0.39 is 5.60 Å². The van der Waals surface area contributed by atoms with Crippen LogP contribution in [0.4, 0.5) is 10.5 Å². The van der Waals surface area contributed by atoms with E-state index in [1.807, 2.05) is 42.7 Å². The number of likely N-dealkylation sites (tertiary alicyclic amines) is 1. The van der Waals surface area contributed by atoms with Gasteiger partial charge in [0.05, 0.1) is 11.9 Å². The van der Waals surface area contributed by atoms with E-state index >= 15 is 0 Å². The lowest BCUT2D eigenvalue weighted by Gasteiger charge is -2.33. The molecule has 1 N–H and O–H groups in total. The number of nitrogens with zero attached hydrogens (tertiary/aromatic N) is 3. The van der Waals surface area contributed by atoms with Gasteiger partial charge in [0.2, 0.25) is 0 Å². The van der Waals surface area contributed by atoms with E-state index in [0.717, 1.165) is 38.2 Å². The zero-order valence-corrected chi connectivity index (χ0v) is 15.0. The fraction of sp³-hybridized carbons (Fsp3) is 0.765. The Morgan fingerprint density at radius 2 is 2.04 bits per heavy atom. The number of aromatic nitrogens is 2. The zero-order chi connectivity index (χ0) is 17.0. The molecule has 0 bridgehead atoms. The quantitative estimate of drug-likeness (QED) is 0.921. The molecule has 1 amide bonds. The van der Waals surface area contributed by atoms with E-state index in [-0.39, 0.29) is 6.09 Å². The van der Waals surface area contributed by atoms with E-state index in [1.165, 1.54) is 0 Å². The van der Waals surface area contributed by atoms with Gasteiger partial charge in [0, 0.05) is 31.9 Å². The maximum absolute atomic E-state index is 12.0. The summed E-state index contributed by atoms with van der Waals surface area (Å²) in [4.78, 5) is 13.9. The average Bonchev–Trinajstić information content (AvgIpc) is 2.93. The van der Waals surface area contributed by atoms with Crippen LogP contribution in [-0.4, -0.2) is 46.0 Å². The molecule has 130 valence electrons. The Labute approximate surface area is 139 Å². The largest absolute Gasteiger partial charge is 0.444 e. The summed E-state index contributed by atoms with van der Waals surface area (Å²) in [5.74, 6) is 0.580. The van der Waals surface area contributed by atoms with E-state index in [2.05, 4.69) is 24.3 Å². The minimum atomic E-state index is -0.425. The molecule has 6 heteroatoms. The molecule has 1 aliphatic heterocycles. The van der Waals surface area contributed by atoms with Gasteiger partial charge in [-0.05, 0) is 53.4 Å². The number of amides is 1. The molecule has 0 atom stereocenters. The fourth-order valence-electron chi connectivity index (χ4n) is 2.62. The zero-order valence-electron chi connectivity index (χ0n) is 15.0. The first-order valence-electron chi connectivity index (χ1n) is 8.50. The average molecular weight is 322 g/mol. The van der Waals surface area contributed by atoms with Gasteiger partial charge in [0.15, 0.2) is 0 Å². The van der Waals surface area contributed by atoms with Crippen molar-refractivity contribution in [2.75, 3.05) is 25.0 Å². The Balaban J connectivity index is 1.73. The van der Waals surface area contributed by atoms with Gasteiger partial charge in [0.25, 0.3) is 0 Å². The lowest BCUT2D eigenvalue weighted by Crippen LogP contribution is -2.42. The van der Waals surface area contributed by atoms with Crippen molar-refractivity contribution in [1.82, 2.24) is 14.7 Å². The number of rotatable bonds is 4. The number of hydrogen-bond donors (Lipinski definition) is 1. The molecule has 2 heterocycles. The monoisotopic (exact) mass is 322 g/mol. The number of anilines is 1. The molecule has 1 fully saturated rings. The molecular weight excluding hydrogens is 292 g/mol. The standard InChI is InChI=1S/C17H30N4O2/c1-13(2)21-12-15(11-19-21)18-10-14-6-8-20(9-7-14)16(22)23-17(3,4)5/h11-14,18H,6-10H2,1-5H3. The van der Waals surface area contributed by atoms with Crippen LogP contribution in [-0.2, 0) is 4.74 Å². The molecule has 0 spiro atoms. The number of hydrogen-bond acceptors (Lipinski definition) is 4. The molecule has 1 aromatic heterocycles. The van der Waals surface area contributed by atoms with Crippen molar-refractivity contribution in [1.29, 1.82) is 0 Å². The molecule has 1 aliphatic rings. The summed E-state index contributed by atoms with van der Waals surface area (Å²) >= 11 is 0. The normalized spacial score (nSPS) is 16.7. The minimum Gasteiger partial charge on any atom is -0.444 e. The summed E-state index contributed by atoms with van der Waals surface area (Å²) in [5.41, 5.74) is 0.639. The highest BCUT2D eigenvalue weighted by Crippen LogP contribution is 2.20. The SMILES string of the molecule is CC(C)n1cc(NCC2CCN(C(=O)OC(C)(C)C)CC2)cn1. The summed E-state index contributed by atoms with van der Waals surface area (Å²) in [7, 11) is 0. The highest BCUT2D eigenvalue weighted by atomic mass is 16.6. The van der Waals surface area contributed by atoms with Crippen LogP contribution in [0.25, 0.3) is 0 Å². The first-order valence-corrected chi connectivity index (χ1v) is 8.50. The smallest absolute Gasteiger partial charge is 0.410 e. The number of nitrogens with one attached hydrogen (secondary N) is 1. The molecule has 6 nitrogen and oxygen atoms in total. The maximum Gasteiger partial charge on any atom is 0.410 e. The molecule has 2 rings (SSSR count). The summed E-state index contributed by atoms with van der Waals surface area (Å²) in [5, 5.41) is 7.79. The first kappa shape index (κ1) is 17.6. The number of piperidine rings is 1. The van der Waals surface area contributed by atoms with E-state index in [9.17, 15) is 4.79 Å². The molecule has 23 heavy (non-hydrogen) atoms. The van der Waals surface area contributed by atoms with Crippen LogP contribution in [0.5, 0.6) is 0 Å². The van der Waals surface area contributed by atoms with E-state index in [1.54, 1.807) is 0 Å². The minimum absolute atomic E-state index is 0.192. The van der Waals surface area contributed by atoms with Gasteiger partial charge in [-0.3, -0.25) is 4.68 Å². The third-order valence-corrected chi connectivity index (χ3v) is 3.99. The predicted octanol–water partition coefficient (Wildman–Crippen LogP) is 3.52. The van der Waals surface area contributed by atoms with Gasteiger partial charge in [-0.2, -0.15) is 5.10 Å². The van der Waals surface area contributed by atoms with E-state index in [0.29, 0.717) is 12.0 Å². The van der Waals surface area contributed by atoms with Crippen LogP contribution in [0.2, 0.25) is 0 Å². The molecule has 0 aliphatic carbocycles. The first-order chi connectivity index (χ1) is 10.7. The van der Waals surface area contributed by atoms with Gasteiger partial charge in [-0.25, -0.2) is 4.79 Å². The van der Waals surface area contributed by atoms with Crippen LogP contribution in [0.15, 0.2) is 12.4 Å². The summed E-state index contributed by atoms with van der Waals surface area (Å²) in [6, 6.07) is 0.377. The molecule has 1 aromatic rings. The lowest BCUT2D eigenvalue weighted by atomic mass is 9.97. The maximum atomic E-state index is 12.0. The van der Waals surface area contributed by atoms with Crippen LogP contribution >= 0.6 is 0 Å². The van der Waals surface area contributed by atoms with Gasteiger partial charge in [0.1, 0.15) is 5.60 Å². The highest BCUT2D eigenvalue weighted by molar-refractivity contribution is 5.68. The Hall–Kier alpha value is -1.72. The Morgan fingerprint density at radius 3 is 2.57 bits per heavy atom. The third-order valence-electron chi connectivity index (χ3n) is 3.99. The molecule has 1 saturated heterocycles. The second kappa shape index (κ2) is 7.23. The summed E-state index contributed by atoms with van der Waals surface area (Å²) in [6.45, 7) is 12.4. The predicted molar refractivity (Wildman–Crippen MR) is 91.6 cm³/mol. The number of ether oxygens (including phenoxy) is 1. The van der Waals surface area contributed by atoms with Crippen LogP contribution in [0, 0.1) is 5.92 Å². The van der Waals surface area contributed by atoms with Crippen molar-refractivity contribution in [3.05, 3.63) is 12.4 Å². The van der Waals surface area contributed by atoms with Crippen molar-refractivity contribution < 1.29 is 9.53 Å². The van der Waals surface area contributed by atoms with Crippen LogP contribution < -0.4 is 5.32 Å². The van der Waals surface area contributed by atoms with Gasteiger partial charge in [-0.15, -0.1) is 0 Å². The van der Waals surface area contributed by atoms with Crippen LogP contribution in [0.1, 0.15) is 53.5 Å². The molecule has 0 saturated carbocycles. The second-order valence-corrected chi connectivity index (χ2v) is 7.59. The highest BCUT2D eigenvalue weighted by Gasteiger charge is 2.26. The summed E-state index contributed by atoms with van der Waals surface area (Å²) in [6.07, 6.45) is 5.73. The topological polar surface area (TPSA) is 59.4 Å². The Kier molecular flexibility index (Phi) is 5.55. The van der Waals surface area contributed by atoms with Crippen LogP contribution in [0.3, 0.4) is 0 Å². The molecule has 0 aromatic carbocycles. The fourth-order valence-corrected chi connectivity index (χ4v) is 2.62. The third kappa shape index (κ3) is 5.44. The molecule has 0 radical (unpaired) electrons. The number of carbonyl (C=O) groups is 1. The number of carbonyl (C=O) groups excluding carboxylic acids is 1. The lowest BCUT2D eigenvalue weighted by molar-refractivity contribution is 0.0188. The van der Waals surface area contributed by atoms with Crippen molar-refractivity contribution in [3.63, 3.8) is 0 Å². The Morgan fingerprint density at radius 1 is 1.39 bits per heavy atom. The molecular formula is C17H30N4O2. The molecule has 0 unspecified atom stereocenters. The van der Waals surface area contributed by atoms with Crippen molar-refractivity contribution in [2.45, 2.75) is 59.1 Å². The second-order valence-electron chi connectivity index (χ2n) is 7.59. The Bertz CT molecular complexity index is 511. The van der Waals surface area contributed by atoms with E-state index in [4.69, 9.17) is 4.74 Å². The van der Waals surface area contributed by atoms with Gasteiger partial charge >= 0.3 is 6.09 Å². The van der Waals surface area contributed by atoms with Gasteiger partial charge < -0.3 is 15.0 Å². The van der Waals surface area contributed by atoms with Crippen molar-refractivity contribution >= 4 is 11.8 Å². The van der Waals surface area contributed by atoms with Crippen molar-refractivity contribution in [2.24, 2.45) is 5.92 Å². The van der Waals surface area contributed by atoms with Crippen molar-refractivity contribution in [3.8, 4) is 0 Å². The van der Waals surface area contributed by atoms with Gasteiger partial charge in [-0.1, -0.05) is 0 Å². The summed E-state index contributed by atoms with van der Waals surface area (Å²) < 4.78 is 7.38.